The number of benzene rings is 2. The summed E-state index contributed by atoms with van der Waals surface area (Å²) in [6, 6.07) is 19.5. The van der Waals surface area contributed by atoms with Gasteiger partial charge in [-0.05, 0) is 30.2 Å². The van der Waals surface area contributed by atoms with Gasteiger partial charge in [-0.25, -0.2) is 0 Å². The summed E-state index contributed by atoms with van der Waals surface area (Å²) >= 11 is 0. The molecule has 2 atom stereocenters. The Kier molecular flexibility index (Phi) is 4.75. The Hall–Kier alpha value is -2.31. The maximum Gasteiger partial charge on any atom is 0.138 e. The summed E-state index contributed by atoms with van der Waals surface area (Å²) in [5.41, 5.74) is 8.07. The minimum atomic E-state index is -0.182. The fourth-order valence-corrected chi connectivity index (χ4v) is 2.05. The van der Waals surface area contributed by atoms with Crippen LogP contribution in [0.15, 0.2) is 54.6 Å². The van der Waals surface area contributed by atoms with Gasteiger partial charge in [-0.1, -0.05) is 42.5 Å². The first-order valence-corrected chi connectivity index (χ1v) is 6.64. The Morgan fingerprint density at radius 1 is 1.10 bits per heavy atom. The fourth-order valence-electron chi connectivity index (χ4n) is 2.05. The van der Waals surface area contributed by atoms with E-state index in [1.165, 1.54) is 0 Å². The molecule has 0 aromatic heterocycles. The molecule has 2 aromatic carbocycles. The first-order valence-electron chi connectivity index (χ1n) is 6.64. The van der Waals surface area contributed by atoms with Crippen LogP contribution >= 0.6 is 0 Å². The van der Waals surface area contributed by atoms with Crippen molar-refractivity contribution in [1.29, 1.82) is 5.26 Å². The second-order valence-corrected chi connectivity index (χ2v) is 4.79. The van der Waals surface area contributed by atoms with Crippen molar-refractivity contribution in [1.82, 2.24) is 0 Å². The molecule has 0 aliphatic carbocycles. The molecule has 3 nitrogen and oxygen atoms in total. The van der Waals surface area contributed by atoms with Crippen LogP contribution in [0.3, 0.4) is 0 Å². The van der Waals surface area contributed by atoms with Crippen LogP contribution < -0.4 is 10.5 Å². The molecule has 0 spiro atoms. The summed E-state index contributed by atoms with van der Waals surface area (Å²) in [6.45, 7) is 1.93. The van der Waals surface area contributed by atoms with Crippen molar-refractivity contribution >= 4 is 0 Å². The van der Waals surface area contributed by atoms with Gasteiger partial charge in [0.15, 0.2) is 0 Å². The molecule has 20 heavy (non-hydrogen) atoms. The van der Waals surface area contributed by atoms with Crippen molar-refractivity contribution in [2.75, 3.05) is 0 Å². The second kappa shape index (κ2) is 6.74. The van der Waals surface area contributed by atoms with Gasteiger partial charge in [-0.2, -0.15) is 5.26 Å². The quantitative estimate of drug-likeness (QED) is 0.904. The Labute approximate surface area is 119 Å². The SMILES string of the molecule is CC(N)C(Oc1ccc(CC#N)cc1)c1ccccc1. The summed E-state index contributed by atoms with van der Waals surface area (Å²) in [4.78, 5) is 0. The largest absolute Gasteiger partial charge is 0.484 e. The Bertz CT molecular complexity index is 570. The van der Waals surface area contributed by atoms with E-state index in [1.54, 1.807) is 0 Å². The zero-order chi connectivity index (χ0) is 14.4. The van der Waals surface area contributed by atoms with E-state index in [0.717, 1.165) is 16.9 Å². The van der Waals surface area contributed by atoms with Gasteiger partial charge in [0, 0.05) is 6.04 Å². The lowest BCUT2D eigenvalue weighted by Crippen LogP contribution is -2.29. The van der Waals surface area contributed by atoms with E-state index in [0.29, 0.717) is 6.42 Å². The van der Waals surface area contributed by atoms with Crippen LogP contribution in [0, 0.1) is 11.3 Å². The summed E-state index contributed by atoms with van der Waals surface area (Å²) in [6.07, 6.45) is 0.230. The summed E-state index contributed by atoms with van der Waals surface area (Å²) in [7, 11) is 0. The lowest BCUT2D eigenvalue weighted by Gasteiger charge is -2.23. The third-order valence-corrected chi connectivity index (χ3v) is 3.08. The molecule has 102 valence electrons. The lowest BCUT2D eigenvalue weighted by atomic mass is 10.0. The van der Waals surface area contributed by atoms with Crippen molar-refractivity contribution in [3.63, 3.8) is 0 Å². The van der Waals surface area contributed by atoms with Gasteiger partial charge in [0.25, 0.3) is 0 Å². The summed E-state index contributed by atoms with van der Waals surface area (Å²) in [5, 5.41) is 8.66. The second-order valence-electron chi connectivity index (χ2n) is 4.79. The van der Waals surface area contributed by atoms with Crippen LogP contribution in [0.4, 0.5) is 0 Å². The first-order chi connectivity index (χ1) is 9.70. The topological polar surface area (TPSA) is 59.0 Å². The van der Waals surface area contributed by atoms with Gasteiger partial charge in [0.05, 0.1) is 12.5 Å². The Balaban J connectivity index is 2.15. The zero-order valence-corrected chi connectivity index (χ0v) is 11.5. The average Bonchev–Trinajstić information content (AvgIpc) is 2.47. The number of nitrogens with two attached hydrogens (primary N) is 1. The normalized spacial score (nSPS) is 13.2. The van der Waals surface area contributed by atoms with Gasteiger partial charge >= 0.3 is 0 Å². The molecule has 0 aliphatic heterocycles. The molecule has 2 N–H and O–H groups in total. The predicted molar refractivity (Wildman–Crippen MR) is 79.2 cm³/mol. The number of ether oxygens (including phenoxy) is 1. The molecule has 2 unspecified atom stereocenters. The Morgan fingerprint density at radius 2 is 1.75 bits per heavy atom. The lowest BCUT2D eigenvalue weighted by molar-refractivity contribution is 0.180. The van der Waals surface area contributed by atoms with Gasteiger partial charge in [-0.15, -0.1) is 0 Å². The highest BCUT2D eigenvalue weighted by Crippen LogP contribution is 2.24. The van der Waals surface area contributed by atoms with E-state index in [4.69, 9.17) is 15.7 Å². The molecule has 0 radical (unpaired) electrons. The van der Waals surface area contributed by atoms with Gasteiger partial charge < -0.3 is 10.5 Å². The van der Waals surface area contributed by atoms with Gasteiger partial charge in [0.2, 0.25) is 0 Å². The number of nitrogens with zero attached hydrogens (tertiary/aromatic N) is 1. The predicted octanol–water partition coefficient (Wildman–Crippen LogP) is 3.22. The minimum Gasteiger partial charge on any atom is -0.484 e. The third-order valence-electron chi connectivity index (χ3n) is 3.08. The summed E-state index contributed by atoms with van der Waals surface area (Å²) < 4.78 is 5.99. The number of hydrogen-bond acceptors (Lipinski definition) is 3. The van der Waals surface area contributed by atoms with Crippen molar-refractivity contribution in [2.45, 2.75) is 25.5 Å². The molecule has 2 rings (SSSR count). The average molecular weight is 266 g/mol. The van der Waals surface area contributed by atoms with Crippen LogP contribution in [-0.4, -0.2) is 6.04 Å². The van der Waals surface area contributed by atoms with Crippen LogP contribution in [0.5, 0.6) is 5.75 Å². The maximum atomic E-state index is 8.66. The van der Waals surface area contributed by atoms with Crippen LogP contribution in [0.1, 0.15) is 24.2 Å². The third kappa shape index (κ3) is 3.59. The van der Waals surface area contributed by atoms with Gasteiger partial charge in [0.1, 0.15) is 11.9 Å². The highest BCUT2D eigenvalue weighted by molar-refractivity contribution is 5.30. The Morgan fingerprint density at radius 3 is 2.30 bits per heavy atom. The van der Waals surface area contributed by atoms with Gasteiger partial charge in [-0.3, -0.25) is 0 Å². The summed E-state index contributed by atoms with van der Waals surface area (Å²) in [5.74, 6) is 0.762. The molecule has 3 heteroatoms. The minimum absolute atomic E-state index is 0.115. The molecule has 0 saturated heterocycles. The molecule has 0 bridgehead atoms. The van der Waals surface area contributed by atoms with Crippen molar-refractivity contribution in [2.24, 2.45) is 5.73 Å². The zero-order valence-electron chi connectivity index (χ0n) is 11.5. The van der Waals surface area contributed by atoms with E-state index >= 15 is 0 Å². The maximum absolute atomic E-state index is 8.66. The van der Waals surface area contributed by atoms with Crippen molar-refractivity contribution in [3.8, 4) is 11.8 Å². The standard InChI is InChI=1S/C17H18N2O/c1-13(19)17(15-5-3-2-4-6-15)20-16-9-7-14(8-10-16)11-12-18/h2-10,13,17H,11,19H2,1H3. The molecule has 0 aliphatic rings. The molecule has 0 amide bonds. The van der Waals surface area contributed by atoms with Crippen molar-refractivity contribution in [3.05, 3.63) is 65.7 Å². The van der Waals surface area contributed by atoms with E-state index < -0.39 is 0 Å². The number of nitriles is 1. The number of rotatable bonds is 5. The molecule has 0 heterocycles. The smallest absolute Gasteiger partial charge is 0.138 e. The van der Waals surface area contributed by atoms with Crippen LogP contribution in [0.2, 0.25) is 0 Å². The highest BCUT2D eigenvalue weighted by atomic mass is 16.5. The molecular formula is C17H18N2O. The van der Waals surface area contributed by atoms with E-state index in [1.807, 2.05) is 61.5 Å². The fraction of sp³-hybridized carbons (Fsp3) is 0.235. The molecule has 0 saturated carbocycles. The van der Waals surface area contributed by atoms with Crippen LogP contribution in [-0.2, 0) is 6.42 Å². The molecular weight excluding hydrogens is 248 g/mol. The van der Waals surface area contributed by atoms with Crippen molar-refractivity contribution < 1.29 is 4.74 Å². The van der Waals surface area contributed by atoms with E-state index in [2.05, 4.69) is 6.07 Å². The van der Waals surface area contributed by atoms with Crippen LogP contribution in [0.25, 0.3) is 0 Å². The van der Waals surface area contributed by atoms with E-state index in [9.17, 15) is 0 Å². The molecule has 2 aromatic rings. The molecule has 0 fully saturated rings. The number of hydrogen-bond donors (Lipinski definition) is 1. The highest BCUT2D eigenvalue weighted by Gasteiger charge is 2.17. The van der Waals surface area contributed by atoms with E-state index in [-0.39, 0.29) is 12.1 Å². The monoisotopic (exact) mass is 266 g/mol. The first kappa shape index (κ1) is 14.1.